The highest BCUT2D eigenvalue weighted by Crippen LogP contribution is 2.38. The monoisotopic (exact) mass is 423 g/mol. The van der Waals surface area contributed by atoms with Crippen LogP contribution in [0, 0.1) is 24.6 Å². The van der Waals surface area contributed by atoms with Crippen molar-refractivity contribution < 1.29 is 4.39 Å². The maximum Gasteiger partial charge on any atom is 0.257 e. The van der Waals surface area contributed by atoms with Gasteiger partial charge < -0.3 is 4.90 Å². The van der Waals surface area contributed by atoms with Crippen molar-refractivity contribution in [2.75, 3.05) is 11.4 Å². The molecule has 0 unspecified atom stereocenters. The van der Waals surface area contributed by atoms with Crippen LogP contribution in [0.1, 0.15) is 28.9 Å². The molecular formula is C24H18FN7. The van der Waals surface area contributed by atoms with E-state index in [9.17, 15) is 0 Å². The number of aromatic amines is 1. The van der Waals surface area contributed by atoms with Gasteiger partial charge in [0.15, 0.2) is 0 Å². The van der Waals surface area contributed by atoms with Crippen molar-refractivity contribution in [2.24, 2.45) is 0 Å². The van der Waals surface area contributed by atoms with Crippen molar-refractivity contribution in [2.45, 2.75) is 19.8 Å². The number of H-pyrrole nitrogens is 1. The number of anilines is 2. The SMILES string of the molecule is Cc1nnc2nc(N3CCCc4c(C#Cc5cn[nH]c5)cccc43)c3c(F)cccc3n12. The second-order valence-corrected chi connectivity index (χ2v) is 7.75. The number of benzene rings is 2. The molecule has 0 fully saturated rings. The normalized spacial score (nSPS) is 13.2. The number of hydrogen-bond acceptors (Lipinski definition) is 5. The molecule has 7 nitrogen and oxygen atoms in total. The summed E-state index contributed by atoms with van der Waals surface area (Å²) in [5.41, 5.74) is 4.62. The van der Waals surface area contributed by atoms with Gasteiger partial charge in [0.2, 0.25) is 0 Å². The van der Waals surface area contributed by atoms with Crippen LogP contribution in [0.5, 0.6) is 0 Å². The predicted molar refractivity (Wildman–Crippen MR) is 119 cm³/mol. The van der Waals surface area contributed by atoms with E-state index in [-0.39, 0.29) is 5.82 Å². The lowest BCUT2D eigenvalue weighted by molar-refractivity contribution is 0.638. The van der Waals surface area contributed by atoms with Crippen LogP contribution in [0.15, 0.2) is 48.8 Å². The largest absolute Gasteiger partial charge is 0.325 e. The molecule has 8 heteroatoms. The van der Waals surface area contributed by atoms with Crippen LogP contribution in [0.3, 0.4) is 0 Å². The quantitative estimate of drug-likeness (QED) is 0.414. The molecule has 5 aromatic rings. The lowest BCUT2D eigenvalue weighted by Crippen LogP contribution is -2.26. The van der Waals surface area contributed by atoms with Gasteiger partial charge >= 0.3 is 0 Å². The van der Waals surface area contributed by atoms with Gasteiger partial charge in [-0.15, -0.1) is 10.2 Å². The summed E-state index contributed by atoms with van der Waals surface area (Å²) < 4.78 is 16.9. The van der Waals surface area contributed by atoms with E-state index in [0.717, 1.165) is 41.8 Å². The summed E-state index contributed by atoms with van der Waals surface area (Å²) in [4.78, 5) is 6.83. The Morgan fingerprint density at radius 3 is 2.88 bits per heavy atom. The first kappa shape index (κ1) is 18.5. The molecule has 1 N–H and O–H groups in total. The van der Waals surface area contributed by atoms with Gasteiger partial charge in [-0.05, 0) is 49.6 Å². The van der Waals surface area contributed by atoms with Crippen molar-refractivity contribution in [3.8, 4) is 11.8 Å². The molecule has 32 heavy (non-hydrogen) atoms. The van der Waals surface area contributed by atoms with Crippen LogP contribution in [0.4, 0.5) is 15.9 Å². The standard InChI is InChI=1S/C24H18FN7/c1-15-29-30-24-28-23(22-19(25)7-3-9-21(22)32(15)24)31-12-4-6-18-17(5-2-8-20(18)31)11-10-16-13-26-27-14-16/h2-3,5,7-9,13-14H,4,6,12H2,1H3,(H,26,27). The van der Waals surface area contributed by atoms with Gasteiger partial charge in [0.25, 0.3) is 5.78 Å². The number of halogens is 1. The molecule has 2 aromatic carbocycles. The van der Waals surface area contributed by atoms with Crippen LogP contribution in [0.25, 0.3) is 16.7 Å². The van der Waals surface area contributed by atoms with E-state index < -0.39 is 0 Å². The Morgan fingerprint density at radius 2 is 2.00 bits per heavy atom. The summed E-state index contributed by atoms with van der Waals surface area (Å²) in [6.07, 6.45) is 5.27. The van der Waals surface area contributed by atoms with Gasteiger partial charge in [-0.1, -0.05) is 24.0 Å². The van der Waals surface area contributed by atoms with Gasteiger partial charge in [0.1, 0.15) is 17.5 Å². The zero-order valence-corrected chi connectivity index (χ0v) is 17.3. The Labute approximate surface area is 182 Å². The van der Waals surface area contributed by atoms with Crippen molar-refractivity contribution in [3.63, 3.8) is 0 Å². The Bertz CT molecular complexity index is 1540. The van der Waals surface area contributed by atoms with E-state index in [1.54, 1.807) is 22.9 Å². The summed E-state index contributed by atoms with van der Waals surface area (Å²) in [7, 11) is 0. The van der Waals surface area contributed by atoms with Crippen LogP contribution >= 0.6 is 0 Å². The van der Waals surface area contributed by atoms with Gasteiger partial charge in [-0.3, -0.25) is 9.50 Å². The summed E-state index contributed by atoms with van der Waals surface area (Å²) in [6.45, 7) is 2.57. The van der Waals surface area contributed by atoms with Crippen molar-refractivity contribution in [1.29, 1.82) is 0 Å². The minimum absolute atomic E-state index is 0.317. The molecular weight excluding hydrogens is 405 g/mol. The van der Waals surface area contributed by atoms with Crippen LogP contribution in [-0.4, -0.2) is 36.3 Å². The minimum Gasteiger partial charge on any atom is -0.325 e. The molecule has 0 radical (unpaired) electrons. The van der Waals surface area contributed by atoms with Crippen LogP contribution in [0.2, 0.25) is 0 Å². The van der Waals surface area contributed by atoms with E-state index in [0.29, 0.717) is 28.3 Å². The number of aryl methyl sites for hydroxylation is 1. The van der Waals surface area contributed by atoms with Gasteiger partial charge in [-0.2, -0.15) is 10.1 Å². The number of hydrogen-bond donors (Lipinski definition) is 1. The first-order valence-corrected chi connectivity index (χ1v) is 10.4. The molecule has 0 bridgehead atoms. The van der Waals surface area contributed by atoms with Crippen molar-refractivity contribution in [1.82, 2.24) is 29.8 Å². The third kappa shape index (κ3) is 2.82. The smallest absolute Gasteiger partial charge is 0.257 e. The molecule has 0 saturated carbocycles. The van der Waals surface area contributed by atoms with Crippen LogP contribution < -0.4 is 4.90 Å². The lowest BCUT2D eigenvalue weighted by Gasteiger charge is -2.32. The fraction of sp³-hybridized carbons (Fsp3) is 0.167. The van der Waals surface area contributed by atoms with Gasteiger partial charge in [0, 0.05) is 24.0 Å². The Morgan fingerprint density at radius 1 is 1.09 bits per heavy atom. The van der Waals surface area contributed by atoms with Gasteiger partial charge in [0.05, 0.1) is 22.7 Å². The number of nitrogens with one attached hydrogen (secondary N) is 1. The molecule has 0 amide bonds. The van der Waals surface area contributed by atoms with E-state index in [2.05, 4.69) is 37.1 Å². The first-order chi connectivity index (χ1) is 15.7. The lowest BCUT2D eigenvalue weighted by atomic mass is 9.96. The fourth-order valence-corrected chi connectivity index (χ4v) is 4.39. The molecule has 0 atom stereocenters. The molecule has 1 aliphatic rings. The third-order valence-corrected chi connectivity index (χ3v) is 5.82. The zero-order chi connectivity index (χ0) is 21.7. The van der Waals surface area contributed by atoms with Gasteiger partial charge in [-0.25, -0.2) is 4.39 Å². The van der Waals surface area contributed by atoms with Crippen molar-refractivity contribution in [3.05, 3.63) is 77.1 Å². The second kappa shape index (κ2) is 7.17. The Kier molecular flexibility index (Phi) is 4.15. The van der Waals surface area contributed by atoms with E-state index in [1.165, 1.54) is 6.07 Å². The molecule has 4 heterocycles. The number of nitrogens with zero attached hydrogens (tertiary/aromatic N) is 6. The highest BCUT2D eigenvalue weighted by Gasteiger charge is 2.25. The fourth-order valence-electron chi connectivity index (χ4n) is 4.39. The van der Waals surface area contributed by atoms with E-state index in [1.807, 2.05) is 31.2 Å². The average molecular weight is 423 g/mol. The number of aromatic nitrogens is 6. The highest BCUT2D eigenvalue weighted by molar-refractivity contribution is 5.94. The van der Waals surface area contributed by atoms with Crippen LogP contribution in [-0.2, 0) is 6.42 Å². The van der Waals surface area contributed by atoms with Crippen molar-refractivity contribution >= 4 is 28.2 Å². The highest BCUT2D eigenvalue weighted by atomic mass is 19.1. The summed E-state index contributed by atoms with van der Waals surface area (Å²) in [5, 5.41) is 15.5. The maximum atomic E-state index is 15.1. The molecule has 156 valence electrons. The van der Waals surface area contributed by atoms with E-state index >= 15 is 4.39 Å². The summed E-state index contributed by atoms with van der Waals surface area (Å²) in [5.74, 6) is 7.79. The summed E-state index contributed by atoms with van der Waals surface area (Å²) >= 11 is 0. The Balaban J connectivity index is 1.56. The third-order valence-electron chi connectivity index (χ3n) is 5.82. The number of rotatable bonds is 1. The molecule has 0 spiro atoms. The molecule has 6 rings (SSSR count). The van der Waals surface area contributed by atoms with E-state index in [4.69, 9.17) is 4.98 Å². The zero-order valence-electron chi connectivity index (χ0n) is 17.3. The molecule has 0 saturated heterocycles. The molecule has 0 aliphatic carbocycles. The Hall–Kier alpha value is -4.25. The second-order valence-electron chi connectivity index (χ2n) is 7.75. The molecule has 1 aliphatic heterocycles. The topological polar surface area (TPSA) is 75.0 Å². The predicted octanol–water partition coefficient (Wildman–Crippen LogP) is 3.93. The molecule has 3 aromatic heterocycles. The summed E-state index contributed by atoms with van der Waals surface area (Å²) in [6, 6.07) is 11.1. The number of fused-ring (bicyclic) bond motifs is 4. The maximum absolute atomic E-state index is 15.1. The first-order valence-electron chi connectivity index (χ1n) is 10.4. The minimum atomic E-state index is -0.317. The average Bonchev–Trinajstić information content (AvgIpc) is 3.47.